The quantitative estimate of drug-likeness (QED) is 0.626. The highest BCUT2D eigenvalue weighted by Gasteiger charge is 2.35. The highest BCUT2D eigenvalue weighted by molar-refractivity contribution is 6.04. The lowest BCUT2D eigenvalue weighted by molar-refractivity contribution is -0.123. The lowest BCUT2D eigenvalue weighted by Crippen LogP contribution is -2.23. The van der Waals surface area contributed by atoms with E-state index in [1.165, 1.54) is 0 Å². The van der Waals surface area contributed by atoms with E-state index in [1.54, 1.807) is 30.1 Å². The normalized spacial score (nSPS) is 14.7. The number of carbonyl (C=O) groups excluding carboxylic acids is 2. The van der Waals surface area contributed by atoms with Crippen molar-refractivity contribution in [1.82, 2.24) is 9.78 Å². The van der Waals surface area contributed by atoms with Gasteiger partial charge in [-0.1, -0.05) is 24.3 Å². The van der Waals surface area contributed by atoms with Crippen LogP contribution in [0.15, 0.2) is 54.7 Å². The highest BCUT2D eigenvalue weighted by atomic mass is 16.5. The molecule has 8 nitrogen and oxygen atoms in total. The number of aromatic nitrogens is 2. The Balaban J connectivity index is 1.53. The van der Waals surface area contributed by atoms with Crippen molar-refractivity contribution in [1.29, 1.82) is 0 Å². The first kappa shape index (κ1) is 19.5. The Labute approximate surface area is 173 Å². The van der Waals surface area contributed by atoms with E-state index in [2.05, 4.69) is 15.7 Å². The molecule has 0 spiro atoms. The monoisotopic (exact) mass is 406 g/mol. The van der Waals surface area contributed by atoms with E-state index in [9.17, 15) is 9.59 Å². The van der Waals surface area contributed by atoms with E-state index < -0.39 is 6.04 Å². The Morgan fingerprint density at radius 1 is 1.23 bits per heavy atom. The molecule has 4 rings (SSSR count). The number of ether oxygens (including phenoxy) is 2. The highest BCUT2D eigenvalue weighted by Crippen LogP contribution is 2.37. The minimum Gasteiger partial charge on any atom is -0.497 e. The number of amides is 2. The summed E-state index contributed by atoms with van der Waals surface area (Å²) in [6, 6.07) is 14.0. The zero-order valence-corrected chi connectivity index (χ0v) is 16.7. The third-order valence-corrected chi connectivity index (χ3v) is 4.86. The van der Waals surface area contributed by atoms with Gasteiger partial charge in [0.2, 0.25) is 5.91 Å². The summed E-state index contributed by atoms with van der Waals surface area (Å²) in [6.45, 7) is 2.36. The zero-order valence-electron chi connectivity index (χ0n) is 16.7. The van der Waals surface area contributed by atoms with Crippen molar-refractivity contribution in [3.63, 3.8) is 0 Å². The largest absolute Gasteiger partial charge is 0.497 e. The van der Waals surface area contributed by atoms with Gasteiger partial charge in [0.1, 0.15) is 23.4 Å². The van der Waals surface area contributed by atoms with Gasteiger partial charge in [0.15, 0.2) is 0 Å². The van der Waals surface area contributed by atoms with Crippen LogP contribution in [0.3, 0.4) is 0 Å². The van der Waals surface area contributed by atoms with Gasteiger partial charge in [-0.25, -0.2) is 4.68 Å². The second-order valence-electron chi connectivity index (χ2n) is 6.77. The van der Waals surface area contributed by atoms with Gasteiger partial charge >= 0.3 is 0 Å². The number of nitrogens with zero attached hydrogens (tertiary/aromatic N) is 2. The molecule has 0 saturated carbocycles. The standard InChI is InChI=1S/C22H22N4O4/c1-3-30-19-10-5-4-9-17(19)24-20(27)12-18-22(28)25-21-16(13-23-26(18)21)14-7-6-8-15(11-14)29-2/h4-11,13,18H,3,12H2,1-2H3,(H,24,27)(H,25,28). The lowest BCUT2D eigenvalue weighted by atomic mass is 10.1. The van der Waals surface area contributed by atoms with Gasteiger partial charge in [-0.15, -0.1) is 0 Å². The first-order valence-electron chi connectivity index (χ1n) is 9.65. The number of hydrogen-bond acceptors (Lipinski definition) is 5. The zero-order chi connectivity index (χ0) is 21.1. The molecule has 30 heavy (non-hydrogen) atoms. The molecule has 1 aliphatic rings. The summed E-state index contributed by atoms with van der Waals surface area (Å²) in [5.74, 6) is 1.30. The van der Waals surface area contributed by atoms with Crippen LogP contribution in [-0.2, 0) is 9.59 Å². The van der Waals surface area contributed by atoms with Gasteiger partial charge in [0.05, 0.1) is 32.0 Å². The van der Waals surface area contributed by atoms with Crippen LogP contribution in [0.4, 0.5) is 11.5 Å². The first-order chi connectivity index (χ1) is 14.6. The average molecular weight is 406 g/mol. The number of rotatable bonds is 7. The summed E-state index contributed by atoms with van der Waals surface area (Å²) in [5.41, 5.74) is 2.21. The third kappa shape index (κ3) is 3.71. The number of methoxy groups -OCH3 is 1. The molecule has 0 fully saturated rings. The van der Waals surface area contributed by atoms with Crippen molar-refractivity contribution < 1.29 is 19.1 Å². The van der Waals surface area contributed by atoms with Crippen molar-refractivity contribution >= 4 is 23.3 Å². The molecule has 0 radical (unpaired) electrons. The summed E-state index contributed by atoms with van der Waals surface area (Å²) in [4.78, 5) is 25.2. The molecule has 3 aromatic rings. The summed E-state index contributed by atoms with van der Waals surface area (Å²) < 4.78 is 12.4. The van der Waals surface area contributed by atoms with Crippen molar-refractivity contribution in [2.75, 3.05) is 24.4 Å². The Morgan fingerprint density at radius 2 is 2.07 bits per heavy atom. The molecule has 0 saturated heterocycles. The minimum absolute atomic E-state index is 0.0431. The fourth-order valence-electron chi connectivity index (χ4n) is 3.44. The maximum absolute atomic E-state index is 12.6. The fourth-order valence-corrected chi connectivity index (χ4v) is 3.44. The van der Waals surface area contributed by atoms with Crippen LogP contribution in [0.1, 0.15) is 19.4 Å². The van der Waals surface area contributed by atoms with E-state index >= 15 is 0 Å². The van der Waals surface area contributed by atoms with E-state index in [1.807, 2.05) is 43.3 Å². The second kappa shape index (κ2) is 8.28. The van der Waals surface area contributed by atoms with Crippen LogP contribution in [0.25, 0.3) is 11.1 Å². The number of hydrogen-bond donors (Lipinski definition) is 2. The number of carbonyl (C=O) groups is 2. The molecule has 154 valence electrons. The minimum atomic E-state index is -0.724. The Kier molecular flexibility index (Phi) is 5.38. The van der Waals surface area contributed by atoms with Crippen LogP contribution < -0.4 is 20.1 Å². The third-order valence-electron chi connectivity index (χ3n) is 4.86. The molecular weight excluding hydrogens is 384 g/mol. The fraction of sp³-hybridized carbons (Fsp3) is 0.227. The summed E-state index contributed by atoms with van der Waals surface area (Å²) in [7, 11) is 1.60. The number of para-hydroxylation sites is 2. The number of nitrogens with one attached hydrogen (secondary N) is 2. The molecule has 1 aromatic heterocycles. The molecular formula is C22H22N4O4. The van der Waals surface area contributed by atoms with Crippen molar-refractivity contribution in [2.24, 2.45) is 0 Å². The SMILES string of the molecule is CCOc1ccccc1NC(=O)CC1C(=O)Nc2c(-c3cccc(OC)c3)cnn21. The van der Waals surface area contributed by atoms with Crippen LogP contribution in [0.5, 0.6) is 11.5 Å². The first-order valence-corrected chi connectivity index (χ1v) is 9.65. The van der Waals surface area contributed by atoms with Gasteiger partial charge in [-0.05, 0) is 36.8 Å². The Morgan fingerprint density at radius 3 is 2.87 bits per heavy atom. The van der Waals surface area contributed by atoms with Gasteiger partial charge in [-0.3, -0.25) is 9.59 Å². The Bertz CT molecular complexity index is 1090. The molecule has 1 atom stereocenters. The number of fused-ring (bicyclic) bond motifs is 1. The van der Waals surface area contributed by atoms with Crippen LogP contribution >= 0.6 is 0 Å². The van der Waals surface area contributed by atoms with Crippen LogP contribution in [0, 0.1) is 0 Å². The maximum atomic E-state index is 12.6. The molecule has 2 N–H and O–H groups in total. The van der Waals surface area contributed by atoms with Crippen LogP contribution in [0.2, 0.25) is 0 Å². The topological polar surface area (TPSA) is 94.5 Å². The predicted molar refractivity (Wildman–Crippen MR) is 113 cm³/mol. The summed E-state index contributed by atoms with van der Waals surface area (Å²) in [5, 5.41) is 10.0. The van der Waals surface area contributed by atoms with Gasteiger partial charge < -0.3 is 20.1 Å². The van der Waals surface area contributed by atoms with Crippen molar-refractivity contribution in [3.8, 4) is 22.6 Å². The maximum Gasteiger partial charge on any atom is 0.251 e. The molecule has 2 aromatic carbocycles. The molecule has 2 amide bonds. The summed E-state index contributed by atoms with van der Waals surface area (Å²) >= 11 is 0. The van der Waals surface area contributed by atoms with Gasteiger partial charge in [0.25, 0.3) is 5.91 Å². The average Bonchev–Trinajstić information content (AvgIpc) is 3.29. The Hall–Kier alpha value is -3.81. The lowest BCUT2D eigenvalue weighted by Gasteiger charge is -2.13. The number of anilines is 2. The molecule has 0 bridgehead atoms. The second-order valence-corrected chi connectivity index (χ2v) is 6.77. The number of benzene rings is 2. The van der Waals surface area contributed by atoms with Crippen LogP contribution in [-0.4, -0.2) is 35.3 Å². The molecule has 8 heteroatoms. The molecule has 1 unspecified atom stereocenters. The van der Waals surface area contributed by atoms with E-state index in [0.717, 1.165) is 11.1 Å². The molecule has 1 aliphatic heterocycles. The van der Waals surface area contributed by atoms with E-state index in [-0.39, 0.29) is 18.2 Å². The smallest absolute Gasteiger partial charge is 0.251 e. The molecule has 0 aliphatic carbocycles. The van der Waals surface area contributed by atoms with E-state index in [0.29, 0.717) is 29.6 Å². The summed E-state index contributed by atoms with van der Waals surface area (Å²) in [6.07, 6.45) is 1.64. The van der Waals surface area contributed by atoms with Gasteiger partial charge in [-0.2, -0.15) is 5.10 Å². The van der Waals surface area contributed by atoms with Crippen molar-refractivity contribution in [3.05, 3.63) is 54.7 Å². The van der Waals surface area contributed by atoms with Gasteiger partial charge in [0, 0.05) is 5.56 Å². The molecule has 2 heterocycles. The van der Waals surface area contributed by atoms with Crippen molar-refractivity contribution in [2.45, 2.75) is 19.4 Å². The predicted octanol–water partition coefficient (Wildman–Crippen LogP) is 3.48. The van der Waals surface area contributed by atoms with E-state index in [4.69, 9.17) is 9.47 Å².